The van der Waals surface area contributed by atoms with Gasteiger partial charge in [0, 0.05) is 40.0 Å². The minimum absolute atomic E-state index is 0.0518. The van der Waals surface area contributed by atoms with Crippen molar-refractivity contribution < 1.29 is 57.5 Å². The number of epoxide rings is 1. The maximum atomic E-state index is 13.0. The molecule has 0 aromatic carbocycles. The van der Waals surface area contributed by atoms with Gasteiger partial charge in [0.2, 0.25) is 0 Å². The lowest BCUT2D eigenvalue weighted by Gasteiger charge is -2.57. The van der Waals surface area contributed by atoms with E-state index in [0.717, 1.165) is 0 Å². The van der Waals surface area contributed by atoms with Crippen molar-refractivity contribution in [1.82, 2.24) is 0 Å². The van der Waals surface area contributed by atoms with Gasteiger partial charge in [0.05, 0.1) is 23.5 Å². The Morgan fingerprint density at radius 2 is 1.50 bits per heavy atom. The van der Waals surface area contributed by atoms with Crippen molar-refractivity contribution in [2.45, 2.75) is 109 Å². The van der Waals surface area contributed by atoms with Crippen LogP contribution in [0.4, 0.5) is 0 Å². The van der Waals surface area contributed by atoms with Crippen LogP contribution in [-0.4, -0.2) is 83.3 Å². The summed E-state index contributed by atoms with van der Waals surface area (Å²) in [5, 5.41) is 12.5. The van der Waals surface area contributed by atoms with Crippen LogP contribution in [-0.2, 0) is 52.4 Å². The third-order valence-corrected chi connectivity index (χ3v) is 9.04. The fourth-order valence-electron chi connectivity index (χ4n) is 7.06. The molecular weight excluding hydrogens is 528 g/mol. The molecule has 0 radical (unpaired) electrons. The molecule has 2 aliphatic carbocycles. The summed E-state index contributed by atoms with van der Waals surface area (Å²) >= 11 is 0. The Morgan fingerprint density at radius 1 is 0.950 bits per heavy atom. The lowest BCUT2D eigenvalue weighted by molar-refractivity contribution is -0.244. The lowest BCUT2D eigenvalue weighted by atomic mass is 9.52. The van der Waals surface area contributed by atoms with Crippen LogP contribution in [0.25, 0.3) is 0 Å². The zero-order valence-corrected chi connectivity index (χ0v) is 23.9. The number of carbonyl (C=O) groups is 5. The van der Waals surface area contributed by atoms with Gasteiger partial charge in [-0.1, -0.05) is 6.92 Å². The molecule has 4 aliphatic rings. The van der Waals surface area contributed by atoms with Gasteiger partial charge in [-0.05, 0) is 38.3 Å². The summed E-state index contributed by atoms with van der Waals surface area (Å²) in [5.74, 6) is -5.37. The SMILES string of the molecule is CC(=O)O[C@H]1CC[C@]2(CO2)[C@@H]2[C@H](OC(C)=O)[C@@]3(O)[C@H](/C=C(/C)[C@H](OC(C)=O)C[C@H](OC(C)=O)[C@@]12C)OC(=O)[C@@H]3C. The average Bonchev–Trinajstić information content (AvgIpc) is 3.56. The average molecular weight is 567 g/mol. The van der Waals surface area contributed by atoms with Gasteiger partial charge in [0.25, 0.3) is 0 Å². The molecule has 3 fully saturated rings. The molecule has 0 unspecified atom stereocenters. The minimum atomic E-state index is -2.11. The summed E-state index contributed by atoms with van der Waals surface area (Å²) in [7, 11) is 0. The second kappa shape index (κ2) is 10.4. The van der Waals surface area contributed by atoms with Crippen molar-refractivity contribution in [1.29, 1.82) is 0 Å². The number of rotatable bonds is 4. The number of hydrogen-bond donors (Lipinski definition) is 1. The van der Waals surface area contributed by atoms with E-state index >= 15 is 0 Å². The maximum absolute atomic E-state index is 13.0. The molecule has 12 heteroatoms. The largest absolute Gasteiger partial charge is 0.462 e. The second-order valence-electron chi connectivity index (χ2n) is 11.7. The van der Waals surface area contributed by atoms with Crippen LogP contribution in [0.3, 0.4) is 0 Å². The molecule has 222 valence electrons. The quantitative estimate of drug-likeness (QED) is 0.226. The molecule has 10 atom stereocenters. The van der Waals surface area contributed by atoms with Crippen LogP contribution in [0.5, 0.6) is 0 Å². The summed E-state index contributed by atoms with van der Waals surface area (Å²) in [4.78, 5) is 62.6. The molecule has 0 amide bonds. The highest BCUT2D eigenvalue weighted by atomic mass is 16.6. The molecule has 12 nitrogen and oxygen atoms in total. The van der Waals surface area contributed by atoms with E-state index in [2.05, 4.69) is 0 Å². The summed E-state index contributed by atoms with van der Waals surface area (Å²) < 4.78 is 34.9. The third-order valence-electron chi connectivity index (χ3n) is 9.04. The molecule has 2 heterocycles. The fourth-order valence-corrected chi connectivity index (χ4v) is 7.06. The molecule has 40 heavy (non-hydrogen) atoms. The molecular formula is C28H38O12. The highest BCUT2D eigenvalue weighted by molar-refractivity contribution is 5.78. The van der Waals surface area contributed by atoms with Crippen molar-refractivity contribution >= 4 is 29.8 Å². The number of carbonyl (C=O) groups excluding carboxylic acids is 5. The zero-order chi connectivity index (χ0) is 29.8. The van der Waals surface area contributed by atoms with Gasteiger partial charge in [0.15, 0.2) is 11.7 Å². The van der Waals surface area contributed by atoms with Gasteiger partial charge in [0.1, 0.15) is 24.4 Å². The smallest absolute Gasteiger partial charge is 0.312 e. The van der Waals surface area contributed by atoms with Gasteiger partial charge in [-0.3, -0.25) is 24.0 Å². The van der Waals surface area contributed by atoms with E-state index in [0.29, 0.717) is 18.4 Å². The first-order chi connectivity index (χ1) is 18.6. The number of hydrogen-bond acceptors (Lipinski definition) is 12. The molecule has 0 aromatic rings. The van der Waals surface area contributed by atoms with Crippen LogP contribution in [0.1, 0.15) is 67.7 Å². The van der Waals surface area contributed by atoms with Gasteiger partial charge < -0.3 is 33.5 Å². The van der Waals surface area contributed by atoms with Crippen LogP contribution >= 0.6 is 0 Å². The van der Waals surface area contributed by atoms with Gasteiger partial charge in [-0.15, -0.1) is 0 Å². The number of ether oxygens (including phenoxy) is 6. The van der Waals surface area contributed by atoms with Gasteiger partial charge in [-0.25, -0.2) is 0 Å². The van der Waals surface area contributed by atoms with Crippen LogP contribution in [0.15, 0.2) is 11.6 Å². The second-order valence-corrected chi connectivity index (χ2v) is 11.7. The van der Waals surface area contributed by atoms with E-state index in [-0.39, 0.29) is 13.0 Å². The van der Waals surface area contributed by atoms with Gasteiger partial charge >= 0.3 is 29.8 Å². The lowest BCUT2D eigenvalue weighted by Crippen LogP contribution is -2.69. The van der Waals surface area contributed by atoms with E-state index in [9.17, 15) is 29.1 Å². The molecule has 2 aliphatic heterocycles. The van der Waals surface area contributed by atoms with E-state index in [1.54, 1.807) is 13.8 Å². The normalized spacial score (nSPS) is 43.6. The van der Waals surface area contributed by atoms with Crippen molar-refractivity contribution in [3.05, 3.63) is 11.6 Å². The Kier molecular flexibility index (Phi) is 7.83. The Balaban J connectivity index is 2.05. The Labute approximate surface area is 232 Å². The van der Waals surface area contributed by atoms with E-state index < -0.39 is 88.8 Å². The summed E-state index contributed by atoms with van der Waals surface area (Å²) in [6.45, 7) is 9.97. The molecule has 0 aromatic heterocycles. The van der Waals surface area contributed by atoms with Crippen molar-refractivity contribution in [3.63, 3.8) is 0 Å². The van der Waals surface area contributed by atoms with Gasteiger partial charge in [-0.2, -0.15) is 0 Å². The van der Waals surface area contributed by atoms with Crippen LogP contribution in [0, 0.1) is 17.3 Å². The summed E-state index contributed by atoms with van der Waals surface area (Å²) in [5.41, 5.74) is -4.00. The topological polar surface area (TPSA) is 164 Å². The van der Waals surface area contributed by atoms with Crippen molar-refractivity contribution in [3.8, 4) is 0 Å². The zero-order valence-electron chi connectivity index (χ0n) is 23.9. The fraction of sp³-hybridized carbons (Fsp3) is 0.750. The summed E-state index contributed by atoms with van der Waals surface area (Å²) in [6.07, 6.45) is -3.48. The molecule has 1 saturated carbocycles. The monoisotopic (exact) mass is 566 g/mol. The Morgan fingerprint density at radius 3 is 2.02 bits per heavy atom. The predicted octanol–water partition coefficient (Wildman–Crippen LogP) is 1.54. The van der Waals surface area contributed by atoms with E-state index in [4.69, 9.17) is 28.4 Å². The predicted molar refractivity (Wildman–Crippen MR) is 134 cm³/mol. The van der Waals surface area contributed by atoms with Crippen molar-refractivity contribution in [2.24, 2.45) is 17.3 Å². The molecule has 1 N–H and O–H groups in total. The van der Waals surface area contributed by atoms with Crippen LogP contribution < -0.4 is 0 Å². The molecule has 1 spiro atoms. The Hall–Kier alpha value is -2.99. The highest BCUT2D eigenvalue weighted by Gasteiger charge is 2.75. The van der Waals surface area contributed by atoms with Crippen molar-refractivity contribution in [2.75, 3.05) is 6.61 Å². The number of esters is 5. The molecule has 4 rings (SSSR count). The first-order valence-electron chi connectivity index (χ1n) is 13.5. The van der Waals surface area contributed by atoms with E-state index in [1.807, 2.05) is 0 Å². The minimum Gasteiger partial charge on any atom is -0.462 e. The summed E-state index contributed by atoms with van der Waals surface area (Å²) in [6, 6.07) is 0. The number of aliphatic hydroxyl groups is 1. The standard InChI is InChI=1S/C28H38O12/c1-13-10-22-28(34,14(2)25(33)40-22)24(39-18(6)32)23-26(7,20(37-16(4)30)8-9-27(23)12-35-27)21(38-17(5)31)11-19(13)36-15(3)29/h10,14,19-24,34H,8-9,11-12H2,1-7H3/b13-10-/t14-,19+,20-,21-,22-,23+,24-,26+,27-,28-/m0/s1. The third kappa shape index (κ3) is 5.00. The number of fused-ring (bicyclic) bond motifs is 3. The first kappa shape index (κ1) is 30.0. The van der Waals surface area contributed by atoms with E-state index in [1.165, 1.54) is 40.7 Å². The molecule has 2 saturated heterocycles. The molecule has 0 bridgehead atoms. The first-order valence-corrected chi connectivity index (χ1v) is 13.5. The maximum Gasteiger partial charge on any atom is 0.312 e. The highest BCUT2D eigenvalue weighted by Crippen LogP contribution is 2.62. The van der Waals surface area contributed by atoms with Crippen LogP contribution in [0.2, 0.25) is 0 Å². The Bertz CT molecular complexity index is 1120.